The lowest BCUT2D eigenvalue weighted by atomic mass is 9.70. The summed E-state index contributed by atoms with van der Waals surface area (Å²) in [6, 6.07) is 11.0. The van der Waals surface area contributed by atoms with Gasteiger partial charge in [0.2, 0.25) is 15.9 Å². The van der Waals surface area contributed by atoms with E-state index in [0.717, 1.165) is 52.1 Å². The van der Waals surface area contributed by atoms with Crippen molar-refractivity contribution in [2.24, 2.45) is 5.41 Å². The second-order valence-corrected chi connectivity index (χ2v) is 15.5. The number of aryl methyl sites for hydroxylation is 2. The summed E-state index contributed by atoms with van der Waals surface area (Å²) in [5.74, 6) is -0.0131. The van der Waals surface area contributed by atoms with Crippen molar-refractivity contribution in [3.8, 4) is 5.88 Å². The van der Waals surface area contributed by atoms with Gasteiger partial charge in [-0.05, 0) is 86.6 Å². The number of pyridine rings is 2. The highest BCUT2D eigenvalue weighted by Crippen LogP contribution is 2.45. The fraction of sp³-hybridized carbons (Fsp3) is 0.471. The van der Waals surface area contributed by atoms with Crippen LogP contribution in [-0.2, 0) is 26.1 Å². The van der Waals surface area contributed by atoms with Crippen LogP contribution in [-0.4, -0.2) is 68.7 Å². The summed E-state index contributed by atoms with van der Waals surface area (Å²) < 4.78 is 43.8. The molecule has 7 rings (SSSR count). The quantitative estimate of drug-likeness (QED) is 0.295. The van der Waals surface area contributed by atoms with Crippen molar-refractivity contribution in [3.05, 3.63) is 82.4 Å². The zero-order valence-corrected chi connectivity index (χ0v) is 27.4. The summed E-state index contributed by atoms with van der Waals surface area (Å²) in [5, 5.41) is 19.5. The van der Waals surface area contributed by atoms with Crippen LogP contribution in [0.4, 0.5) is 0 Å². The smallest absolute Gasteiger partial charge is 0.310 e. The van der Waals surface area contributed by atoms with E-state index in [-0.39, 0.29) is 23.9 Å². The first kappa shape index (κ1) is 30.8. The van der Waals surface area contributed by atoms with Gasteiger partial charge >= 0.3 is 5.97 Å². The molecule has 5 heterocycles. The Balaban J connectivity index is 1.32. The Morgan fingerprint density at radius 1 is 1.13 bits per heavy atom. The van der Waals surface area contributed by atoms with Crippen molar-refractivity contribution in [2.45, 2.75) is 82.3 Å². The van der Waals surface area contributed by atoms with Crippen LogP contribution in [0.5, 0.6) is 5.88 Å². The third-order valence-corrected chi connectivity index (χ3v) is 11.8. The van der Waals surface area contributed by atoms with Crippen molar-refractivity contribution in [2.75, 3.05) is 19.8 Å². The Hall–Kier alpha value is -3.87. The van der Waals surface area contributed by atoms with Gasteiger partial charge in [-0.3, -0.25) is 9.20 Å². The summed E-state index contributed by atoms with van der Waals surface area (Å²) in [7, 11) is -3.97. The molecule has 46 heavy (non-hydrogen) atoms. The summed E-state index contributed by atoms with van der Waals surface area (Å²) in [6.45, 7) is 8.56. The Morgan fingerprint density at radius 3 is 2.61 bits per heavy atom. The molecule has 1 saturated carbocycles. The number of hydrogen-bond acceptors (Lipinski definition) is 8. The number of nitrogens with zero attached hydrogens (tertiary/aromatic N) is 5. The summed E-state index contributed by atoms with van der Waals surface area (Å²) in [6.07, 6.45) is 6.76. The number of benzene rings is 1. The van der Waals surface area contributed by atoms with Gasteiger partial charge < -0.3 is 14.6 Å². The molecule has 12 heteroatoms. The van der Waals surface area contributed by atoms with Gasteiger partial charge in [-0.15, -0.1) is 10.2 Å². The summed E-state index contributed by atoms with van der Waals surface area (Å²) in [5.41, 5.74) is 2.96. The van der Waals surface area contributed by atoms with Crippen LogP contribution >= 0.6 is 0 Å². The number of aliphatic carboxylic acids is 1. The van der Waals surface area contributed by atoms with E-state index >= 15 is 0 Å². The molecule has 1 saturated heterocycles. The monoisotopic (exact) mass is 645 g/mol. The van der Waals surface area contributed by atoms with Crippen molar-refractivity contribution < 1.29 is 27.8 Å². The summed E-state index contributed by atoms with van der Waals surface area (Å²) in [4.78, 5) is 17.2. The molecule has 1 N–H and O–H groups in total. The standard InChI is InChI=1S/C34H39N5O6S/c1-21-7-8-24(28(33(3,4)32(40)41)26-11-15-39-29(22(26)2)36-37-30(39)23-9-10-23)18-25(21)19-38-20-34(12-16-44-17-13-34)45-31-27(46(38,42)43)6-5-14-35-31/h5-8,11,14-15,18,23,28H,9-10,12-13,16-17,19-20H2,1-4H3,(H,40,41)/t28-/m1/s1. The van der Waals surface area contributed by atoms with E-state index in [1.807, 2.05) is 48.7 Å². The Kier molecular flexibility index (Phi) is 7.45. The van der Waals surface area contributed by atoms with Crippen molar-refractivity contribution in [1.82, 2.24) is 23.9 Å². The van der Waals surface area contributed by atoms with Gasteiger partial charge in [-0.2, -0.15) is 4.31 Å². The number of carbonyl (C=O) groups is 1. The second kappa shape index (κ2) is 11.1. The largest absolute Gasteiger partial charge is 0.481 e. The lowest BCUT2D eigenvalue weighted by Crippen LogP contribution is -2.50. The molecule has 11 nitrogen and oxygen atoms in total. The van der Waals surface area contributed by atoms with E-state index in [4.69, 9.17) is 9.47 Å². The molecule has 1 aromatic carbocycles. The van der Waals surface area contributed by atoms with Crippen LogP contribution in [0.25, 0.3) is 5.65 Å². The van der Waals surface area contributed by atoms with Crippen molar-refractivity contribution >= 4 is 21.6 Å². The van der Waals surface area contributed by atoms with E-state index < -0.39 is 32.9 Å². The molecule has 2 aliphatic heterocycles. The number of carboxylic acid groups (broad SMARTS) is 1. The topological polar surface area (TPSA) is 136 Å². The van der Waals surface area contributed by atoms with Crippen LogP contribution in [0.15, 0.2) is 53.7 Å². The highest BCUT2D eigenvalue weighted by atomic mass is 32.2. The van der Waals surface area contributed by atoms with E-state index in [1.54, 1.807) is 26.1 Å². The average molecular weight is 646 g/mol. The van der Waals surface area contributed by atoms with Crippen LogP contribution < -0.4 is 4.74 Å². The van der Waals surface area contributed by atoms with E-state index in [2.05, 4.69) is 15.2 Å². The lowest BCUT2D eigenvalue weighted by molar-refractivity contribution is -0.147. The molecule has 2 fully saturated rings. The molecule has 0 bridgehead atoms. The van der Waals surface area contributed by atoms with E-state index in [1.165, 1.54) is 10.4 Å². The zero-order chi connectivity index (χ0) is 32.4. The SMILES string of the molecule is Cc1ccc([C@H](c2ccn3c(C4CC4)nnc3c2C)C(C)(C)C(=O)O)cc1CN1CC2(CCOCC2)Oc2ncccc2S1(=O)=O. The lowest BCUT2D eigenvalue weighted by Gasteiger charge is -2.38. The minimum absolute atomic E-state index is 0.0415. The number of ether oxygens (including phenoxy) is 2. The maximum Gasteiger partial charge on any atom is 0.310 e. The Bertz CT molecular complexity index is 1940. The first-order valence-corrected chi connectivity index (χ1v) is 17.2. The van der Waals surface area contributed by atoms with Crippen LogP contribution in [0.3, 0.4) is 0 Å². The fourth-order valence-electron chi connectivity index (χ4n) is 6.96. The van der Waals surface area contributed by atoms with Crippen molar-refractivity contribution in [3.63, 3.8) is 0 Å². The fourth-order valence-corrected chi connectivity index (χ4v) is 8.52. The number of hydrogen-bond donors (Lipinski definition) is 1. The molecule has 1 atom stereocenters. The number of sulfonamides is 1. The molecule has 3 aliphatic rings. The van der Waals surface area contributed by atoms with Crippen molar-refractivity contribution in [1.29, 1.82) is 0 Å². The molecule has 3 aromatic heterocycles. The molecular formula is C34H39N5O6S. The second-order valence-electron chi connectivity index (χ2n) is 13.5. The minimum Gasteiger partial charge on any atom is -0.481 e. The maximum atomic E-state index is 14.2. The third-order valence-electron chi connectivity index (χ3n) is 10.0. The van der Waals surface area contributed by atoms with Gasteiger partial charge in [-0.1, -0.05) is 18.2 Å². The van der Waals surface area contributed by atoms with Crippen LogP contribution in [0.2, 0.25) is 0 Å². The predicted octanol–water partition coefficient (Wildman–Crippen LogP) is 4.99. The van der Waals surface area contributed by atoms with Gasteiger partial charge in [0.25, 0.3) is 0 Å². The van der Waals surface area contributed by atoms with Gasteiger partial charge in [0.15, 0.2) is 5.65 Å². The molecular weight excluding hydrogens is 606 g/mol. The van der Waals surface area contributed by atoms with E-state index in [0.29, 0.717) is 32.0 Å². The summed E-state index contributed by atoms with van der Waals surface area (Å²) >= 11 is 0. The number of rotatable bonds is 7. The number of aromatic nitrogens is 4. The van der Waals surface area contributed by atoms with Crippen LogP contribution in [0.1, 0.15) is 85.0 Å². The maximum absolute atomic E-state index is 14.2. The molecule has 1 spiro atoms. The first-order valence-electron chi connectivity index (χ1n) is 15.8. The zero-order valence-electron chi connectivity index (χ0n) is 26.6. The van der Waals surface area contributed by atoms with Gasteiger partial charge in [0.1, 0.15) is 16.3 Å². The molecule has 0 amide bonds. The predicted molar refractivity (Wildman–Crippen MR) is 169 cm³/mol. The molecule has 0 radical (unpaired) electrons. The highest BCUT2D eigenvalue weighted by Gasteiger charge is 2.46. The van der Waals surface area contributed by atoms with Gasteiger partial charge in [0, 0.05) is 43.6 Å². The average Bonchev–Trinajstić information content (AvgIpc) is 3.78. The molecule has 1 aliphatic carbocycles. The van der Waals surface area contributed by atoms with Gasteiger partial charge in [-0.25, -0.2) is 13.4 Å². The Labute approximate surface area is 268 Å². The third kappa shape index (κ3) is 5.16. The number of carboxylic acids is 1. The molecule has 242 valence electrons. The molecule has 0 unspecified atom stereocenters. The van der Waals surface area contributed by atoms with E-state index in [9.17, 15) is 18.3 Å². The number of fused-ring (bicyclic) bond motifs is 2. The highest BCUT2D eigenvalue weighted by molar-refractivity contribution is 7.89. The van der Waals surface area contributed by atoms with Gasteiger partial charge in [0.05, 0.1) is 25.2 Å². The first-order chi connectivity index (χ1) is 21.9. The van der Waals surface area contributed by atoms with Crippen LogP contribution in [0, 0.1) is 19.3 Å². The molecule has 4 aromatic rings. The normalized spacial score (nSPS) is 20.2. The Morgan fingerprint density at radius 2 is 1.89 bits per heavy atom. The minimum atomic E-state index is -3.97.